The molecule has 88 valence electrons. The van der Waals surface area contributed by atoms with Crippen molar-refractivity contribution in [2.75, 3.05) is 0 Å². The zero-order valence-electron chi connectivity index (χ0n) is 10.9. The van der Waals surface area contributed by atoms with Crippen molar-refractivity contribution >= 4 is 0 Å². The summed E-state index contributed by atoms with van der Waals surface area (Å²) < 4.78 is 0. The van der Waals surface area contributed by atoms with Gasteiger partial charge in [-0.2, -0.15) is 0 Å². The van der Waals surface area contributed by atoms with Gasteiger partial charge in [0, 0.05) is 5.92 Å². The molecule has 0 saturated carbocycles. The molecule has 0 aromatic rings. The summed E-state index contributed by atoms with van der Waals surface area (Å²) in [6.07, 6.45) is 18.9. The normalized spacial score (nSPS) is 27.8. The van der Waals surface area contributed by atoms with Gasteiger partial charge in [-0.05, 0) is 31.4 Å². The van der Waals surface area contributed by atoms with Gasteiger partial charge in [0.2, 0.25) is 0 Å². The second kappa shape index (κ2) is 5.18. The molecule has 0 bridgehead atoms. The van der Waals surface area contributed by atoms with E-state index in [9.17, 15) is 0 Å². The quantitative estimate of drug-likeness (QED) is 0.594. The van der Waals surface area contributed by atoms with Crippen LogP contribution in [0.1, 0.15) is 27.2 Å². The molecule has 0 fully saturated rings. The average molecular weight is 224 g/mol. The molecule has 17 heavy (non-hydrogen) atoms. The maximum absolute atomic E-state index is 2.37. The van der Waals surface area contributed by atoms with E-state index in [1.54, 1.807) is 0 Å². The van der Waals surface area contributed by atoms with Gasteiger partial charge in [0.1, 0.15) is 0 Å². The third-order valence-corrected chi connectivity index (χ3v) is 3.32. The van der Waals surface area contributed by atoms with Gasteiger partial charge in [-0.3, -0.25) is 0 Å². The molecule has 0 radical (unpaired) electrons. The first-order valence-corrected chi connectivity index (χ1v) is 6.34. The van der Waals surface area contributed by atoms with Gasteiger partial charge >= 0.3 is 0 Å². The summed E-state index contributed by atoms with van der Waals surface area (Å²) >= 11 is 0. The van der Waals surface area contributed by atoms with Crippen molar-refractivity contribution in [1.82, 2.24) is 0 Å². The molecule has 0 nitrogen and oxygen atoms in total. The van der Waals surface area contributed by atoms with E-state index < -0.39 is 0 Å². The van der Waals surface area contributed by atoms with Crippen LogP contribution in [0.15, 0.2) is 70.9 Å². The molecule has 0 spiro atoms. The van der Waals surface area contributed by atoms with Crippen molar-refractivity contribution in [3.8, 4) is 0 Å². The van der Waals surface area contributed by atoms with Gasteiger partial charge in [0.05, 0.1) is 0 Å². The monoisotopic (exact) mass is 224 g/mol. The number of hydrogen-bond acceptors (Lipinski definition) is 0. The Morgan fingerprint density at radius 2 is 1.71 bits per heavy atom. The lowest BCUT2D eigenvalue weighted by Crippen LogP contribution is -2.04. The molecule has 0 amide bonds. The van der Waals surface area contributed by atoms with E-state index in [-0.39, 0.29) is 0 Å². The maximum Gasteiger partial charge on any atom is 0.00269 e. The molecule has 0 aromatic carbocycles. The molecule has 0 saturated heterocycles. The minimum absolute atomic E-state index is 0.558. The van der Waals surface area contributed by atoms with Crippen molar-refractivity contribution < 1.29 is 0 Å². The van der Waals surface area contributed by atoms with Crippen molar-refractivity contribution in [3.63, 3.8) is 0 Å². The molecular weight excluding hydrogens is 204 g/mol. The van der Waals surface area contributed by atoms with Crippen LogP contribution in [0.2, 0.25) is 0 Å². The number of rotatable bonds is 1. The van der Waals surface area contributed by atoms with E-state index in [2.05, 4.69) is 69.4 Å². The first-order chi connectivity index (χ1) is 8.20. The number of allylic oxidation sites excluding steroid dienone is 12. The molecular formula is C17H20. The second-order valence-corrected chi connectivity index (χ2v) is 4.77. The third kappa shape index (κ3) is 2.76. The zero-order valence-corrected chi connectivity index (χ0v) is 10.9. The highest BCUT2D eigenvalue weighted by Gasteiger charge is 2.13. The Kier molecular flexibility index (Phi) is 3.63. The van der Waals surface area contributed by atoms with E-state index in [1.165, 1.54) is 22.3 Å². The molecule has 2 aliphatic rings. The largest absolute Gasteiger partial charge is 0.0741 e. The predicted molar refractivity (Wildman–Crippen MR) is 75.7 cm³/mol. The summed E-state index contributed by atoms with van der Waals surface area (Å²) in [6, 6.07) is 0. The average Bonchev–Trinajstić information content (AvgIpc) is 2.54. The lowest BCUT2D eigenvalue weighted by Gasteiger charge is -2.19. The molecule has 0 aromatic heterocycles. The fraction of sp³-hybridized carbons (Fsp3) is 0.294. The summed E-state index contributed by atoms with van der Waals surface area (Å²) in [5.74, 6) is 0.558. The zero-order chi connectivity index (χ0) is 12.3. The van der Waals surface area contributed by atoms with Crippen molar-refractivity contribution in [2.45, 2.75) is 27.2 Å². The number of hydrogen-bond donors (Lipinski definition) is 0. The van der Waals surface area contributed by atoms with Crippen LogP contribution >= 0.6 is 0 Å². The van der Waals surface area contributed by atoms with Crippen molar-refractivity contribution in [1.29, 1.82) is 0 Å². The Hall–Kier alpha value is -1.56. The lowest BCUT2D eigenvalue weighted by molar-refractivity contribution is 0.730. The Balaban J connectivity index is 2.39. The maximum atomic E-state index is 2.37. The Morgan fingerprint density at radius 3 is 2.47 bits per heavy atom. The molecule has 0 N–H and O–H groups in total. The van der Waals surface area contributed by atoms with Gasteiger partial charge in [-0.15, -0.1) is 0 Å². The van der Waals surface area contributed by atoms with Gasteiger partial charge in [0.15, 0.2) is 0 Å². The summed E-state index contributed by atoms with van der Waals surface area (Å²) in [6.45, 7) is 6.55. The molecule has 1 unspecified atom stereocenters. The first-order valence-electron chi connectivity index (χ1n) is 6.34. The Labute approximate surface area is 104 Å². The molecule has 0 heterocycles. The topological polar surface area (TPSA) is 0 Å². The SMILES string of the molecule is CCC1C=C(C)C=C/C1=C1/C=CC=C(C)C=C1. The van der Waals surface area contributed by atoms with E-state index in [4.69, 9.17) is 0 Å². The fourth-order valence-corrected chi connectivity index (χ4v) is 2.28. The highest BCUT2D eigenvalue weighted by atomic mass is 14.2. The highest BCUT2D eigenvalue weighted by Crippen LogP contribution is 2.29. The Bertz CT molecular complexity index is 476. The standard InChI is InChI=1S/C17H20/c1-4-15-12-14(3)9-11-17(15)16-7-5-6-13(2)8-10-16/h5-12,15H,4H2,1-3H3/b17-16+. The van der Waals surface area contributed by atoms with Crippen LogP contribution in [-0.4, -0.2) is 0 Å². The van der Waals surface area contributed by atoms with E-state index in [0.29, 0.717) is 5.92 Å². The van der Waals surface area contributed by atoms with Crippen LogP contribution in [0.3, 0.4) is 0 Å². The van der Waals surface area contributed by atoms with Crippen molar-refractivity contribution in [3.05, 3.63) is 70.9 Å². The highest BCUT2D eigenvalue weighted by molar-refractivity contribution is 5.50. The van der Waals surface area contributed by atoms with Gasteiger partial charge in [0.25, 0.3) is 0 Å². The van der Waals surface area contributed by atoms with Gasteiger partial charge < -0.3 is 0 Å². The molecule has 2 aliphatic carbocycles. The van der Waals surface area contributed by atoms with Crippen molar-refractivity contribution in [2.24, 2.45) is 5.92 Å². The summed E-state index contributed by atoms with van der Waals surface area (Å²) in [7, 11) is 0. The van der Waals surface area contributed by atoms with E-state index >= 15 is 0 Å². The predicted octanol–water partition coefficient (Wildman–Crippen LogP) is 4.90. The minimum atomic E-state index is 0.558. The van der Waals surface area contributed by atoms with Crippen LogP contribution in [0.25, 0.3) is 0 Å². The Morgan fingerprint density at radius 1 is 0.941 bits per heavy atom. The van der Waals surface area contributed by atoms with E-state index in [1.807, 2.05) is 0 Å². The molecule has 0 heteroatoms. The summed E-state index contributed by atoms with van der Waals surface area (Å²) in [5, 5.41) is 0. The van der Waals surface area contributed by atoms with Crippen LogP contribution in [0.4, 0.5) is 0 Å². The van der Waals surface area contributed by atoms with E-state index in [0.717, 1.165) is 6.42 Å². The second-order valence-electron chi connectivity index (χ2n) is 4.77. The molecule has 2 rings (SSSR count). The summed E-state index contributed by atoms with van der Waals surface area (Å²) in [5.41, 5.74) is 5.45. The first kappa shape index (κ1) is 11.9. The lowest BCUT2D eigenvalue weighted by atomic mass is 9.86. The van der Waals surface area contributed by atoms with Crippen LogP contribution in [0.5, 0.6) is 0 Å². The minimum Gasteiger partial charge on any atom is -0.0741 e. The third-order valence-electron chi connectivity index (χ3n) is 3.32. The van der Waals surface area contributed by atoms with Gasteiger partial charge in [-0.1, -0.05) is 66.7 Å². The fourth-order valence-electron chi connectivity index (χ4n) is 2.28. The van der Waals surface area contributed by atoms with Gasteiger partial charge in [-0.25, -0.2) is 0 Å². The smallest absolute Gasteiger partial charge is 0.00269 e. The molecule has 1 atom stereocenters. The van der Waals surface area contributed by atoms with Crippen LogP contribution < -0.4 is 0 Å². The molecule has 0 aliphatic heterocycles. The summed E-state index contributed by atoms with van der Waals surface area (Å²) in [4.78, 5) is 0. The van der Waals surface area contributed by atoms with Crippen LogP contribution in [-0.2, 0) is 0 Å². The van der Waals surface area contributed by atoms with Crippen LogP contribution in [0, 0.1) is 5.92 Å².